The third kappa shape index (κ3) is 2.17. The van der Waals surface area contributed by atoms with Crippen LogP contribution in [-0.2, 0) is 4.79 Å². The Morgan fingerprint density at radius 2 is 2.00 bits per heavy atom. The maximum absolute atomic E-state index is 13.5. The number of hydrogen-bond acceptors (Lipinski definition) is 3. The van der Waals surface area contributed by atoms with Crippen molar-refractivity contribution in [3.05, 3.63) is 34.9 Å². The molecule has 1 aromatic carbocycles. The Kier molecular flexibility index (Phi) is 3.56. The number of carbonyl (C=O) groups is 1. The second-order valence-corrected chi connectivity index (χ2v) is 3.40. The van der Waals surface area contributed by atoms with Gasteiger partial charge in [-0.15, -0.1) is 0 Å². The summed E-state index contributed by atoms with van der Waals surface area (Å²) in [6, 6.07) is 0.365. The van der Waals surface area contributed by atoms with Crippen LogP contribution in [0.15, 0.2) is 12.1 Å². The zero-order valence-electron chi connectivity index (χ0n) is 8.45. The maximum Gasteiger partial charge on any atom is 0.323 e. The van der Waals surface area contributed by atoms with E-state index in [1.54, 1.807) is 0 Å². The Hall–Kier alpha value is -1.53. The average molecular weight is 231 g/mol. The van der Waals surface area contributed by atoms with E-state index in [1.165, 1.54) is 13.0 Å². The predicted molar refractivity (Wildman–Crippen MR) is 51.7 cm³/mol. The predicted octanol–water partition coefficient (Wildman–Crippen LogP) is 0.719. The number of halogens is 2. The van der Waals surface area contributed by atoms with Gasteiger partial charge in [-0.3, -0.25) is 4.79 Å². The molecule has 4 nitrogen and oxygen atoms in total. The molecule has 0 aromatic heterocycles. The Bertz CT molecular complexity index is 423. The lowest BCUT2D eigenvalue weighted by Gasteiger charge is -2.17. The second-order valence-electron chi connectivity index (χ2n) is 3.40. The van der Waals surface area contributed by atoms with E-state index >= 15 is 0 Å². The molecule has 88 valence electrons. The molecule has 0 spiro atoms. The van der Waals surface area contributed by atoms with Crippen LogP contribution < -0.4 is 5.73 Å². The Morgan fingerprint density at radius 1 is 1.44 bits per heavy atom. The SMILES string of the molecule is Cc1ccc(F)c(C(O)C(N)C(=O)O)c1F. The van der Waals surface area contributed by atoms with Crippen molar-refractivity contribution < 1.29 is 23.8 Å². The summed E-state index contributed by atoms with van der Waals surface area (Å²) in [4.78, 5) is 10.5. The van der Waals surface area contributed by atoms with Crippen molar-refractivity contribution in [1.82, 2.24) is 0 Å². The average Bonchev–Trinajstić information content (AvgIpc) is 2.22. The summed E-state index contributed by atoms with van der Waals surface area (Å²) in [5.74, 6) is -3.54. The number of aliphatic hydroxyl groups excluding tert-OH is 1. The first kappa shape index (κ1) is 12.5. The van der Waals surface area contributed by atoms with Crippen LogP contribution in [0, 0.1) is 18.6 Å². The number of hydrogen-bond donors (Lipinski definition) is 3. The smallest absolute Gasteiger partial charge is 0.323 e. The molecular formula is C10H11F2NO3. The first-order valence-corrected chi connectivity index (χ1v) is 4.47. The van der Waals surface area contributed by atoms with Crippen LogP contribution >= 0.6 is 0 Å². The van der Waals surface area contributed by atoms with Gasteiger partial charge in [0.05, 0.1) is 5.56 Å². The minimum Gasteiger partial charge on any atom is -0.480 e. The van der Waals surface area contributed by atoms with Gasteiger partial charge >= 0.3 is 5.97 Å². The number of aliphatic carboxylic acids is 1. The Labute approximate surface area is 90.3 Å². The highest BCUT2D eigenvalue weighted by Gasteiger charge is 2.29. The van der Waals surface area contributed by atoms with Crippen LogP contribution in [0.4, 0.5) is 8.78 Å². The summed E-state index contributed by atoms with van der Waals surface area (Å²) in [5.41, 5.74) is 4.49. The molecule has 0 saturated carbocycles. The van der Waals surface area contributed by atoms with Crippen LogP contribution in [-0.4, -0.2) is 22.2 Å². The zero-order valence-corrected chi connectivity index (χ0v) is 8.45. The molecule has 0 heterocycles. The third-order valence-corrected chi connectivity index (χ3v) is 2.24. The fourth-order valence-electron chi connectivity index (χ4n) is 1.26. The van der Waals surface area contributed by atoms with Crippen LogP contribution in [0.3, 0.4) is 0 Å². The number of carboxylic acid groups (broad SMARTS) is 1. The van der Waals surface area contributed by atoms with Crippen molar-refractivity contribution >= 4 is 5.97 Å². The first-order chi connectivity index (χ1) is 7.36. The van der Waals surface area contributed by atoms with E-state index in [0.717, 1.165) is 6.07 Å². The molecule has 0 amide bonds. The van der Waals surface area contributed by atoms with Crippen LogP contribution in [0.25, 0.3) is 0 Å². The lowest BCUT2D eigenvalue weighted by molar-refractivity contribution is -0.141. The number of carboxylic acids is 1. The largest absolute Gasteiger partial charge is 0.480 e. The van der Waals surface area contributed by atoms with Gasteiger partial charge in [-0.25, -0.2) is 8.78 Å². The van der Waals surface area contributed by atoms with Crippen molar-refractivity contribution in [1.29, 1.82) is 0 Å². The third-order valence-electron chi connectivity index (χ3n) is 2.24. The number of aliphatic hydroxyl groups is 1. The molecule has 16 heavy (non-hydrogen) atoms. The lowest BCUT2D eigenvalue weighted by Crippen LogP contribution is -2.37. The van der Waals surface area contributed by atoms with Crippen LogP contribution in [0.5, 0.6) is 0 Å². The molecule has 2 unspecified atom stereocenters. The normalized spacial score (nSPS) is 14.6. The standard InChI is InChI=1S/C10H11F2NO3/c1-4-2-3-5(11)6(7(4)12)9(14)8(13)10(15)16/h2-3,8-9,14H,13H2,1H3,(H,15,16). The lowest BCUT2D eigenvalue weighted by atomic mass is 9.99. The highest BCUT2D eigenvalue weighted by molar-refractivity contribution is 5.74. The topological polar surface area (TPSA) is 83.5 Å². The molecule has 0 saturated heterocycles. The van der Waals surface area contributed by atoms with E-state index in [-0.39, 0.29) is 5.56 Å². The Balaban J connectivity index is 3.22. The molecule has 2 atom stereocenters. The molecule has 0 aliphatic carbocycles. The fourth-order valence-corrected chi connectivity index (χ4v) is 1.26. The molecule has 0 fully saturated rings. The molecule has 0 aliphatic rings. The number of benzene rings is 1. The van der Waals surface area contributed by atoms with Crippen molar-refractivity contribution in [2.75, 3.05) is 0 Å². The van der Waals surface area contributed by atoms with E-state index < -0.39 is 35.3 Å². The zero-order chi connectivity index (χ0) is 12.5. The quantitative estimate of drug-likeness (QED) is 0.715. The summed E-state index contributed by atoms with van der Waals surface area (Å²) in [6.45, 7) is 1.37. The summed E-state index contributed by atoms with van der Waals surface area (Å²) >= 11 is 0. The molecule has 1 rings (SSSR count). The van der Waals surface area contributed by atoms with Gasteiger partial charge in [-0.2, -0.15) is 0 Å². The Morgan fingerprint density at radius 3 is 2.50 bits per heavy atom. The molecule has 6 heteroatoms. The molecule has 4 N–H and O–H groups in total. The maximum atomic E-state index is 13.5. The van der Waals surface area contributed by atoms with E-state index in [2.05, 4.69) is 0 Å². The highest BCUT2D eigenvalue weighted by atomic mass is 19.1. The van der Waals surface area contributed by atoms with E-state index in [9.17, 15) is 18.7 Å². The number of nitrogens with two attached hydrogens (primary N) is 1. The highest BCUT2D eigenvalue weighted by Crippen LogP contribution is 2.24. The minimum atomic E-state index is -1.92. The first-order valence-electron chi connectivity index (χ1n) is 4.47. The van der Waals surface area contributed by atoms with Crippen molar-refractivity contribution in [2.45, 2.75) is 19.1 Å². The van der Waals surface area contributed by atoms with Gasteiger partial charge in [0.25, 0.3) is 0 Å². The van der Waals surface area contributed by atoms with Gasteiger partial charge in [0.15, 0.2) is 0 Å². The van der Waals surface area contributed by atoms with Crippen LogP contribution in [0.1, 0.15) is 17.2 Å². The van der Waals surface area contributed by atoms with Crippen molar-refractivity contribution in [3.63, 3.8) is 0 Å². The summed E-state index contributed by atoms with van der Waals surface area (Å²) < 4.78 is 26.7. The monoisotopic (exact) mass is 231 g/mol. The molecule has 1 aromatic rings. The van der Waals surface area contributed by atoms with Gasteiger partial charge in [0.2, 0.25) is 0 Å². The van der Waals surface area contributed by atoms with Crippen LogP contribution in [0.2, 0.25) is 0 Å². The minimum absolute atomic E-state index is 0.105. The van der Waals surface area contributed by atoms with Crippen molar-refractivity contribution in [3.8, 4) is 0 Å². The van der Waals surface area contributed by atoms with E-state index in [1.807, 2.05) is 0 Å². The summed E-state index contributed by atoms with van der Waals surface area (Å²) in [5, 5.41) is 18.0. The number of rotatable bonds is 3. The summed E-state index contributed by atoms with van der Waals surface area (Å²) in [7, 11) is 0. The molecule has 0 aliphatic heterocycles. The fraction of sp³-hybridized carbons (Fsp3) is 0.300. The van der Waals surface area contributed by atoms with E-state index in [0.29, 0.717) is 0 Å². The molecule has 0 bridgehead atoms. The molecule has 0 radical (unpaired) electrons. The van der Waals surface area contributed by atoms with Gasteiger partial charge in [-0.05, 0) is 18.6 Å². The van der Waals surface area contributed by atoms with Gasteiger partial charge < -0.3 is 15.9 Å². The number of aryl methyl sites for hydroxylation is 1. The van der Waals surface area contributed by atoms with Crippen molar-refractivity contribution in [2.24, 2.45) is 5.73 Å². The molecular weight excluding hydrogens is 220 g/mol. The summed E-state index contributed by atoms with van der Waals surface area (Å²) in [6.07, 6.45) is -1.92. The second kappa shape index (κ2) is 4.54. The van der Waals surface area contributed by atoms with Gasteiger partial charge in [-0.1, -0.05) is 6.07 Å². The van der Waals surface area contributed by atoms with E-state index in [4.69, 9.17) is 10.8 Å². The van der Waals surface area contributed by atoms with Gasteiger partial charge in [0.1, 0.15) is 23.8 Å². The van der Waals surface area contributed by atoms with Gasteiger partial charge in [0, 0.05) is 0 Å².